The SMILES string of the molecule is Cc1ccc(C[NH+]2CCN(S(=O)(=O)c3cccc(F)c3)CC2)cc1. The molecule has 0 spiro atoms. The standard InChI is InChI=1S/C18H21FN2O2S/c1-15-5-7-16(8-6-15)14-20-9-11-21(12-10-20)24(22,23)18-4-2-3-17(19)13-18/h2-8,13H,9-12,14H2,1H3/p+1. The lowest BCUT2D eigenvalue weighted by Crippen LogP contribution is -3.13. The minimum absolute atomic E-state index is 0.0319. The minimum atomic E-state index is -3.61. The van der Waals surface area contributed by atoms with Gasteiger partial charge in [0.25, 0.3) is 0 Å². The number of halogens is 1. The molecule has 3 rings (SSSR count). The van der Waals surface area contributed by atoms with E-state index in [-0.39, 0.29) is 4.90 Å². The summed E-state index contributed by atoms with van der Waals surface area (Å²) >= 11 is 0. The van der Waals surface area contributed by atoms with Gasteiger partial charge in [0.15, 0.2) is 0 Å². The number of hydrogen-bond donors (Lipinski definition) is 1. The Morgan fingerprint density at radius 3 is 2.38 bits per heavy atom. The van der Waals surface area contributed by atoms with Crippen LogP contribution in [0.4, 0.5) is 4.39 Å². The smallest absolute Gasteiger partial charge is 0.243 e. The molecule has 0 unspecified atom stereocenters. The highest BCUT2D eigenvalue weighted by Gasteiger charge is 2.30. The number of nitrogens with zero attached hydrogens (tertiary/aromatic N) is 1. The molecule has 2 aromatic rings. The van der Waals surface area contributed by atoms with Crippen molar-refractivity contribution in [3.8, 4) is 0 Å². The maximum atomic E-state index is 13.3. The molecule has 0 saturated carbocycles. The van der Waals surface area contributed by atoms with E-state index in [0.717, 1.165) is 25.7 Å². The lowest BCUT2D eigenvalue weighted by Gasteiger charge is -2.31. The third kappa shape index (κ3) is 3.83. The first kappa shape index (κ1) is 17.1. The van der Waals surface area contributed by atoms with Crippen LogP contribution in [0, 0.1) is 12.7 Å². The Labute approximate surface area is 142 Å². The highest BCUT2D eigenvalue weighted by Crippen LogP contribution is 2.16. The highest BCUT2D eigenvalue weighted by molar-refractivity contribution is 7.89. The first-order chi connectivity index (χ1) is 11.4. The molecular formula is C18H22FN2O2S+. The Kier molecular flexibility index (Phi) is 4.99. The first-order valence-corrected chi connectivity index (χ1v) is 9.54. The molecule has 128 valence electrons. The average Bonchev–Trinajstić information content (AvgIpc) is 2.57. The Bertz CT molecular complexity index is 798. The molecule has 4 nitrogen and oxygen atoms in total. The monoisotopic (exact) mass is 349 g/mol. The maximum Gasteiger partial charge on any atom is 0.243 e. The summed E-state index contributed by atoms with van der Waals surface area (Å²) < 4.78 is 40.0. The second-order valence-electron chi connectivity index (χ2n) is 6.27. The summed E-state index contributed by atoms with van der Waals surface area (Å²) in [5.41, 5.74) is 2.50. The van der Waals surface area contributed by atoms with Crippen molar-refractivity contribution in [3.63, 3.8) is 0 Å². The van der Waals surface area contributed by atoms with Crippen LogP contribution in [0.3, 0.4) is 0 Å². The molecule has 0 aliphatic carbocycles. The predicted octanol–water partition coefficient (Wildman–Crippen LogP) is 1.22. The lowest BCUT2D eigenvalue weighted by atomic mass is 10.1. The Hall–Kier alpha value is -1.76. The molecule has 1 aliphatic rings. The summed E-state index contributed by atoms with van der Waals surface area (Å²) in [6.07, 6.45) is 0. The molecule has 0 aromatic heterocycles. The number of quaternary nitrogens is 1. The third-order valence-corrected chi connectivity index (χ3v) is 6.33. The van der Waals surface area contributed by atoms with Gasteiger partial charge in [0, 0.05) is 5.56 Å². The number of benzene rings is 2. The van der Waals surface area contributed by atoms with E-state index in [4.69, 9.17) is 0 Å². The van der Waals surface area contributed by atoms with Gasteiger partial charge in [-0.2, -0.15) is 4.31 Å². The van der Waals surface area contributed by atoms with E-state index in [0.29, 0.717) is 13.1 Å². The summed E-state index contributed by atoms with van der Waals surface area (Å²) in [5.74, 6) is -0.528. The molecule has 0 radical (unpaired) electrons. The molecule has 0 bridgehead atoms. The van der Waals surface area contributed by atoms with E-state index in [1.165, 1.54) is 38.5 Å². The fourth-order valence-electron chi connectivity index (χ4n) is 2.99. The van der Waals surface area contributed by atoms with E-state index in [2.05, 4.69) is 31.2 Å². The van der Waals surface area contributed by atoms with Crippen LogP contribution in [0.25, 0.3) is 0 Å². The number of rotatable bonds is 4. The van der Waals surface area contributed by atoms with Crippen molar-refractivity contribution in [1.82, 2.24) is 4.31 Å². The van der Waals surface area contributed by atoms with Crippen molar-refractivity contribution < 1.29 is 17.7 Å². The van der Waals surface area contributed by atoms with Gasteiger partial charge in [0.2, 0.25) is 10.0 Å². The van der Waals surface area contributed by atoms with Crippen molar-refractivity contribution in [2.24, 2.45) is 0 Å². The highest BCUT2D eigenvalue weighted by atomic mass is 32.2. The quantitative estimate of drug-likeness (QED) is 0.902. The van der Waals surface area contributed by atoms with Gasteiger partial charge in [-0.1, -0.05) is 35.9 Å². The van der Waals surface area contributed by atoms with Crippen LogP contribution in [0.1, 0.15) is 11.1 Å². The van der Waals surface area contributed by atoms with Gasteiger partial charge in [0.05, 0.1) is 31.1 Å². The summed E-state index contributed by atoms with van der Waals surface area (Å²) in [7, 11) is -3.61. The van der Waals surface area contributed by atoms with Crippen LogP contribution in [0.15, 0.2) is 53.4 Å². The van der Waals surface area contributed by atoms with Crippen LogP contribution in [-0.2, 0) is 16.6 Å². The van der Waals surface area contributed by atoms with E-state index < -0.39 is 15.8 Å². The molecule has 24 heavy (non-hydrogen) atoms. The molecule has 0 amide bonds. The Balaban J connectivity index is 1.63. The largest absolute Gasteiger partial charge is 0.329 e. The van der Waals surface area contributed by atoms with Gasteiger partial charge in [-0.05, 0) is 25.1 Å². The zero-order valence-electron chi connectivity index (χ0n) is 13.7. The second kappa shape index (κ2) is 7.01. The van der Waals surface area contributed by atoms with Gasteiger partial charge in [0.1, 0.15) is 12.4 Å². The topological polar surface area (TPSA) is 41.8 Å². The van der Waals surface area contributed by atoms with Gasteiger partial charge < -0.3 is 4.90 Å². The van der Waals surface area contributed by atoms with Crippen molar-refractivity contribution in [1.29, 1.82) is 0 Å². The fourth-order valence-corrected chi connectivity index (χ4v) is 4.46. The Morgan fingerprint density at radius 2 is 1.75 bits per heavy atom. The van der Waals surface area contributed by atoms with Crippen molar-refractivity contribution >= 4 is 10.0 Å². The number of sulfonamides is 1. The van der Waals surface area contributed by atoms with E-state index >= 15 is 0 Å². The van der Waals surface area contributed by atoms with Crippen molar-refractivity contribution in [3.05, 3.63) is 65.5 Å². The lowest BCUT2D eigenvalue weighted by molar-refractivity contribution is -0.917. The van der Waals surface area contributed by atoms with Gasteiger partial charge >= 0.3 is 0 Å². The first-order valence-electron chi connectivity index (χ1n) is 8.10. The molecule has 6 heteroatoms. The molecule has 2 aromatic carbocycles. The van der Waals surface area contributed by atoms with Gasteiger partial charge in [-0.15, -0.1) is 0 Å². The molecular weight excluding hydrogens is 327 g/mol. The third-order valence-electron chi connectivity index (χ3n) is 4.44. The minimum Gasteiger partial charge on any atom is -0.329 e. The van der Waals surface area contributed by atoms with Crippen LogP contribution in [0.5, 0.6) is 0 Å². The van der Waals surface area contributed by atoms with Crippen LogP contribution in [0.2, 0.25) is 0 Å². The number of hydrogen-bond acceptors (Lipinski definition) is 2. The maximum absolute atomic E-state index is 13.3. The number of aryl methyl sites for hydroxylation is 1. The van der Waals surface area contributed by atoms with E-state index in [1.54, 1.807) is 0 Å². The predicted molar refractivity (Wildman–Crippen MR) is 90.7 cm³/mol. The van der Waals surface area contributed by atoms with E-state index in [9.17, 15) is 12.8 Å². The van der Waals surface area contributed by atoms with Crippen LogP contribution >= 0.6 is 0 Å². The summed E-state index contributed by atoms with van der Waals surface area (Å²) in [6.45, 7) is 5.38. The van der Waals surface area contributed by atoms with E-state index in [1.807, 2.05) is 0 Å². The number of nitrogens with one attached hydrogen (secondary N) is 1. The number of piperazine rings is 1. The second-order valence-corrected chi connectivity index (χ2v) is 8.21. The van der Waals surface area contributed by atoms with Crippen molar-refractivity contribution in [2.45, 2.75) is 18.4 Å². The molecule has 1 N–H and O–H groups in total. The zero-order valence-corrected chi connectivity index (χ0v) is 14.5. The molecule has 1 fully saturated rings. The normalized spacial score (nSPS) is 17.1. The fraction of sp³-hybridized carbons (Fsp3) is 0.333. The molecule has 1 heterocycles. The van der Waals surface area contributed by atoms with Crippen molar-refractivity contribution in [2.75, 3.05) is 26.2 Å². The average molecular weight is 349 g/mol. The Morgan fingerprint density at radius 1 is 1.08 bits per heavy atom. The summed E-state index contributed by atoms with van der Waals surface area (Å²) in [4.78, 5) is 1.40. The summed E-state index contributed by atoms with van der Waals surface area (Å²) in [6, 6.07) is 13.7. The van der Waals surface area contributed by atoms with Crippen LogP contribution in [-0.4, -0.2) is 38.9 Å². The molecule has 1 aliphatic heterocycles. The van der Waals surface area contributed by atoms with Gasteiger partial charge in [-0.25, -0.2) is 12.8 Å². The van der Waals surface area contributed by atoms with Gasteiger partial charge in [-0.3, -0.25) is 0 Å². The van der Waals surface area contributed by atoms with Crippen LogP contribution < -0.4 is 4.90 Å². The zero-order chi connectivity index (χ0) is 17.2. The molecule has 1 saturated heterocycles. The summed E-state index contributed by atoms with van der Waals surface area (Å²) in [5, 5.41) is 0. The molecule has 0 atom stereocenters.